The maximum atomic E-state index is 12.4. The Labute approximate surface area is 228 Å². The van der Waals surface area contributed by atoms with E-state index in [-0.39, 0.29) is 24.3 Å². The van der Waals surface area contributed by atoms with E-state index in [0.29, 0.717) is 30.4 Å². The quantitative estimate of drug-likeness (QED) is 0.453. The van der Waals surface area contributed by atoms with Crippen molar-refractivity contribution < 1.29 is 32.2 Å². The number of aromatic nitrogens is 2. The minimum absolute atomic E-state index is 0.0505. The molecule has 2 fully saturated rings. The molecule has 2 saturated heterocycles. The molecule has 0 aliphatic carbocycles. The number of ether oxygens (including phenoxy) is 2. The number of alkyl halides is 3. The van der Waals surface area contributed by atoms with Gasteiger partial charge < -0.3 is 24.6 Å². The standard InChI is InChI=1S/C28H28F3N5O4/c1-18-23-16-20(33-25(37)9-4-19-2-6-22(7-3-19)40-28(29,30)31)5-8-24(23)34-27(32-18)35-12-10-21(11-13-35)36-14-15-39-17-26(36)38/h2-9,16,21H,10-15,17H2,1H3,(H,33,37)/b9-4+. The second-order valence-corrected chi connectivity index (χ2v) is 9.64. The first-order chi connectivity index (χ1) is 19.1. The fourth-order valence-corrected chi connectivity index (χ4v) is 4.92. The third kappa shape index (κ3) is 6.68. The number of nitrogens with zero attached hydrogens (tertiary/aromatic N) is 4. The van der Waals surface area contributed by atoms with Gasteiger partial charge in [0.2, 0.25) is 17.8 Å². The Hall–Kier alpha value is -4.19. The second kappa shape index (κ2) is 11.5. The molecule has 40 heavy (non-hydrogen) atoms. The zero-order chi connectivity index (χ0) is 28.3. The van der Waals surface area contributed by atoms with E-state index in [2.05, 4.69) is 15.0 Å². The molecule has 210 valence electrons. The molecule has 0 bridgehead atoms. The van der Waals surface area contributed by atoms with Gasteiger partial charge in [-0.25, -0.2) is 9.97 Å². The number of morpholine rings is 1. The van der Waals surface area contributed by atoms with E-state index in [9.17, 15) is 22.8 Å². The van der Waals surface area contributed by atoms with Crippen LogP contribution in [0.2, 0.25) is 0 Å². The van der Waals surface area contributed by atoms with Crippen LogP contribution in [0, 0.1) is 6.92 Å². The van der Waals surface area contributed by atoms with Gasteiger partial charge in [0.1, 0.15) is 12.4 Å². The van der Waals surface area contributed by atoms with Gasteiger partial charge in [-0.15, -0.1) is 13.2 Å². The first kappa shape index (κ1) is 27.4. The van der Waals surface area contributed by atoms with Crippen molar-refractivity contribution >= 4 is 40.4 Å². The molecule has 9 nitrogen and oxygen atoms in total. The molecule has 0 radical (unpaired) electrons. The van der Waals surface area contributed by atoms with Gasteiger partial charge in [-0.1, -0.05) is 12.1 Å². The fraction of sp³-hybridized carbons (Fsp3) is 0.357. The second-order valence-electron chi connectivity index (χ2n) is 9.64. The van der Waals surface area contributed by atoms with E-state index < -0.39 is 12.3 Å². The van der Waals surface area contributed by atoms with E-state index in [1.807, 2.05) is 17.9 Å². The van der Waals surface area contributed by atoms with E-state index in [1.165, 1.54) is 36.4 Å². The fourth-order valence-electron chi connectivity index (χ4n) is 4.92. The first-order valence-electron chi connectivity index (χ1n) is 12.9. The van der Waals surface area contributed by atoms with Crippen LogP contribution in [-0.2, 0) is 14.3 Å². The van der Waals surface area contributed by atoms with Crippen LogP contribution in [0.1, 0.15) is 24.1 Å². The summed E-state index contributed by atoms with van der Waals surface area (Å²) in [5, 5.41) is 3.59. The summed E-state index contributed by atoms with van der Waals surface area (Å²) in [4.78, 5) is 38.1. The number of halogens is 3. The van der Waals surface area contributed by atoms with Crippen molar-refractivity contribution in [3.8, 4) is 5.75 Å². The van der Waals surface area contributed by atoms with Crippen molar-refractivity contribution in [3.63, 3.8) is 0 Å². The monoisotopic (exact) mass is 555 g/mol. The summed E-state index contributed by atoms with van der Waals surface area (Å²) in [7, 11) is 0. The normalized spacial score (nSPS) is 17.1. The van der Waals surface area contributed by atoms with Crippen LogP contribution >= 0.6 is 0 Å². The highest BCUT2D eigenvalue weighted by molar-refractivity contribution is 6.03. The lowest BCUT2D eigenvalue weighted by Gasteiger charge is -2.40. The van der Waals surface area contributed by atoms with Gasteiger partial charge in [-0.3, -0.25) is 9.59 Å². The number of fused-ring (bicyclic) bond motifs is 1. The maximum absolute atomic E-state index is 12.4. The van der Waals surface area contributed by atoms with E-state index in [4.69, 9.17) is 14.7 Å². The topological polar surface area (TPSA) is 96.9 Å². The van der Waals surface area contributed by atoms with Crippen molar-refractivity contribution in [3.05, 3.63) is 59.8 Å². The minimum atomic E-state index is -4.76. The number of carbonyl (C=O) groups is 2. The summed E-state index contributed by atoms with van der Waals surface area (Å²) in [6.45, 7) is 4.76. The molecule has 1 aromatic heterocycles. The molecule has 1 N–H and O–H groups in total. The molecule has 3 heterocycles. The lowest BCUT2D eigenvalue weighted by Crippen LogP contribution is -2.52. The summed E-state index contributed by atoms with van der Waals surface area (Å²) in [6.07, 6.45) is -0.283. The molecule has 0 unspecified atom stereocenters. The van der Waals surface area contributed by atoms with Crippen molar-refractivity contribution in [1.82, 2.24) is 14.9 Å². The van der Waals surface area contributed by atoms with Crippen molar-refractivity contribution in [1.29, 1.82) is 0 Å². The van der Waals surface area contributed by atoms with Crippen LogP contribution in [0.4, 0.5) is 24.8 Å². The van der Waals surface area contributed by atoms with Crippen LogP contribution in [-0.4, -0.2) is 71.9 Å². The molecule has 2 aromatic carbocycles. The summed E-state index contributed by atoms with van der Waals surface area (Å²) in [6, 6.07) is 10.8. The summed E-state index contributed by atoms with van der Waals surface area (Å²) in [5.74, 6) is -0.0376. The van der Waals surface area contributed by atoms with Gasteiger partial charge >= 0.3 is 6.36 Å². The number of hydrogen-bond donors (Lipinski definition) is 1. The first-order valence-corrected chi connectivity index (χ1v) is 12.9. The Kier molecular flexibility index (Phi) is 7.88. The number of benzene rings is 2. The number of nitrogens with one attached hydrogen (secondary N) is 1. The van der Waals surface area contributed by atoms with Crippen LogP contribution in [0.5, 0.6) is 5.75 Å². The molecule has 3 aromatic rings. The lowest BCUT2D eigenvalue weighted by molar-refractivity contribution is -0.274. The molecule has 2 aliphatic heterocycles. The van der Waals surface area contributed by atoms with Crippen molar-refractivity contribution in [2.24, 2.45) is 0 Å². The number of piperidine rings is 1. The molecule has 0 atom stereocenters. The molecule has 0 saturated carbocycles. The third-order valence-electron chi connectivity index (χ3n) is 6.89. The minimum Gasteiger partial charge on any atom is -0.406 e. The van der Waals surface area contributed by atoms with Crippen molar-refractivity contribution in [2.75, 3.05) is 43.1 Å². The largest absolute Gasteiger partial charge is 0.573 e. The molecule has 2 amide bonds. The van der Waals surface area contributed by atoms with E-state index >= 15 is 0 Å². The zero-order valence-electron chi connectivity index (χ0n) is 21.8. The van der Waals surface area contributed by atoms with Gasteiger partial charge in [0.25, 0.3) is 0 Å². The molecular formula is C28H28F3N5O4. The highest BCUT2D eigenvalue weighted by Crippen LogP contribution is 2.26. The number of amides is 2. The van der Waals surface area contributed by atoms with Gasteiger partial charge in [0, 0.05) is 42.8 Å². The van der Waals surface area contributed by atoms with Gasteiger partial charge in [0.15, 0.2) is 0 Å². The van der Waals surface area contributed by atoms with Crippen LogP contribution in [0.25, 0.3) is 17.0 Å². The Morgan fingerprint density at radius 2 is 1.85 bits per heavy atom. The van der Waals surface area contributed by atoms with Crippen molar-refractivity contribution in [2.45, 2.75) is 32.2 Å². The lowest BCUT2D eigenvalue weighted by atomic mass is 10.0. The highest BCUT2D eigenvalue weighted by Gasteiger charge is 2.31. The maximum Gasteiger partial charge on any atom is 0.573 e. The number of carbonyl (C=O) groups excluding carboxylic acids is 2. The van der Waals surface area contributed by atoms with Crippen LogP contribution in [0.15, 0.2) is 48.5 Å². The summed E-state index contributed by atoms with van der Waals surface area (Å²) in [5.41, 5.74) is 2.63. The number of rotatable bonds is 6. The van der Waals surface area contributed by atoms with E-state index in [0.717, 1.165) is 42.5 Å². The predicted octanol–water partition coefficient (Wildman–Crippen LogP) is 4.32. The van der Waals surface area contributed by atoms with E-state index in [1.54, 1.807) is 12.1 Å². The Morgan fingerprint density at radius 3 is 2.55 bits per heavy atom. The number of aryl methyl sites for hydroxylation is 1. The molecular weight excluding hydrogens is 527 g/mol. The Morgan fingerprint density at radius 1 is 1.10 bits per heavy atom. The zero-order valence-corrected chi connectivity index (χ0v) is 21.8. The van der Waals surface area contributed by atoms with Gasteiger partial charge in [0.05, 0.1) is 17.8 Å². The molecule has 5 rings (SSSR count). The van der Waals surface area contributed by atoms with Gasteiger partial charge in [-0.2, -0.15) is 0 Å². The average Bonchev–Trinajstić information content (AvgIpc) is 2.92. The van der Waals surface area contributed by atoms with Gasteiger partial charge in [-0.05, 0) is 61.7 Å². The molecule has 12 heteroatoms. The number of anilines is 2. The highest BCUT2D eigenvalue weighted by atomic mass is 19.4. The van der Waals surface area contributed by atoms with Crippen LogP contribution in [0.3, 0.4) is 0 Å². The number of hydrogen-bond acceptors (Lipinski definition) is 7. The molecule has 2 aliphatic rings. The van der Waals surface area contributed by atoms with Crippen LogP contribution < -0.4 is 15.0 Å². The average molecular weight is 556 g/mol. The summed E-state index contributed by atoms with van der Waals surface area (Å²) >= 11 is 0. The predicted molar refractivity (Wildman–Crippen MR) is 143 cm³/mol. The Bertz CT molecular complexity index is 1420. The summed E-state index contributed by atoms with van der Waals surface area (Å²) < 4.78 is 46.0. The Balaban J connectivity index is 1.20. The SMILES string of the molecule is Cc1nc(N2CCC(N3CCOCC3=O)CC2)nc2ccc(NC(=O)/C=C/c3ccc(OC(F)(F)F)cc3)cc12. The molecule has 0 spiro atoms. The third-order valence-corrected chi connectivity index (χ3v) is 6.89. The smallest absolute Gasteiger partial charge is 0.406 e.